The van der Waals surface area contributed by atoms with Crippen molar-refractivity contribution in [2.24, 2.45) is 0 Å². The summed E-state index contributed by atoms with van der Waals surface area (Å²) in [6.45, 7) is 1.98. The number of hydrogen-bond donors (Lipinski definition) is 1. The van der Waals surface area contributed by atoms with Gasteiger partial charge >= 0.3 is 0 Å². The summed E-state index contributed by atoms with van der Waals surface area (Å²) in [5.41, 5.74) is 7.87. The molecule has 0 saturated heterocycles. The van der Waals surface area contributed by atoms with Crippen LogP contribution >= 0.6 is 34.7 Å². The van der Waals surface area contributed by atoms with Gasteiger partial charge in [0.1, 0.15) is 0 Å². The number of hydrogen-bond acceptors (Lipinski definition) is 4. The molecule has 0 aliphatic rings. The fraction of sp³-hybridized carbons (Fsp3) is 0.182. The van der Waals surface area contributed by atoms with Crippen molar-refractivity contribution in [3.63, 3.8) is 0 Å². The minimum absolute atomic E-state index is 0.631. The van der Waals surface area contributed by atoms with Gasteiger partial charge in [-0.1, -0.05) is 35.1 Å². The van der Waals surface area contributed by atoms with E-state index in [0.29, 0.717) is 5.13 Å². The number of thiazole rings is 1. The SMILES string of the molecule is Cc1nc(N)sc1SCc1cccc(Cl)c1. The molecule has 16 heavy (non-hydrogen) atoms. The molecule has 0 fully saturated rings. The zero-order valence-corrected chi connectivity index (χ0v) is 11.1. The lowest BCUT2D eigenvalue weighted by Gasteiger charge is -2.00. The lowest BCUT2D eigenvalue weighted by molar-refractivity contribution is 1.21. The van der Waals surface area contributed by atoms with Gasteiger partial charge < -0.3 is 5.73 Å². The third-order valence-electron chi connectivity index (χ3n) is 2.03. The van der Waals surface area contributed by atoms with Gasteiger partial charge in [0.2, 0.25) is 0 Å². The Morgan fingerprint density at radius 2 is 2.31 bits per heavy atom. The molecule has 2 N–H and O–H groups in total. The van der Waals surface area contributed by atoms with Crippen molar-refractivity contribution < 1.29 is 0 Å². The summed E-state index contributed by atoms with van der Waals surface area (Å²) in [7, 11) is 0. The molecule has 0 aliphatic heterocycles. The van der Waals surface area contributed by atoms with Crippen molar-refractivity contribution in [2.45, 2.75) is 16.9 Å². The number of nitrogen functional groups attached to an aromatic ring is 1. The normalized spacial score (nSPS) is 10.6. The molecule has 0 bridgehead atoms. The summed E-state index contributed by atoms with van der Waals surface area (Å²) in [5, 5.41) is 1.41. The number of anilines is 1. The molecule has 0 amide bonds. The summed E-state index contributed by atoms with van der Waals surface area (Å²) < 4.78 is 1.18. The number of halogens is 1. The number of thioether (sulfide) groups is 1. The van der Waals surface area contributed by atoms with E-state index in [-0.39, 0.29) is 0 Å². The summed E-state index contributed by atoms with van der Waals surface area (Å²) in [5.74, 6) is 0.892. The molecule has 0 saturated carbocycles. The largest absolute Gasteiger partial charge is 0.375 e. The van der Waals surface area contributed by atoms with E-state index < -0.39 is 0 Å². The highest BCUT2D eigenvalue weighted by Crippen LogP contribution is 2.32. The van der Waals surface area contributed by atoms with Crippen LogP contribution in [0.4, 0.5) is 5.13 Å². The van der Waals surface area contributed by atoms with E-state index in [4.69, 9.17) is 17.3 Å². The fourth-order valence-electron chi connectivity index (χ4n) is 1.31. The zero-order chi connectivity index (χ0) is 11.5. The Kier molecular flexibility index (Phi) is 3.74. The van der Waals surface area contributed by atoms with Gasteiger partial charge in [-0.15, -0.1) is 11.8 Å². The lowest BCUT2D eigenvalue weighted by Crippen LogP contribution is -1.81. The van der Waals surface area contributed by atoms with Gasteiger partial charge in [0.05, 0.1) is 9.90 Å². The molecule has 5 heteroatoms. The third kappa shape index (κ3) is 2.90. The molecule has 1 aromatic carbocycles. The van der Waals surface area contributed by atoms with Crippen LogP contribution in [-0.2, 0) is 5.75 Å². The molecular formula is C11H11ClN2S2. The molecule has 2 aromatic rings. The van der Waals surface area contributed by atoms with Crippen molar-refractivity contribution in [3.8, 4) is 0 Å². The maximum absolute atomic E-state index is 5.92. The van der Waals surface area contributed by atoms with E-state index in [1.165, 1.54) is 21.1 Å². The number of nitrogens with zero attached hydrogens (tertiary/aromatic N) is 1. The molecule has 1 heterocycles. The molecule has 84 valence electrons. The first-order valence-corrected chi connectivity index (χ1v) is 6.93. The highest BCUT2D eigenvalue weighted by Gasteiger charge is 2.06. The van der Waals surface area contributed by atoms with Crippen molar-refractivity contribution >= 4 is 39.8 Å². The standard InChI is InChI=1S/C11H11ClN2S2/c1-7-10(16-11(13)14-7)15-6-8-3-2-4-9(12)5-8/h2-5H,6H2,1H3,(H2,13,14). The van der Waals surface area contributed by atoms with Gasteiger partial charge in [-0.05, 0) is 24.6 Å². The van der Waals surface area contributed by atoms with Crippen LogP contribution in [0.3, 0.4) is 0 Å². The Labute approximate surface area is 108 Å². The molecule has 1 aromatic heterocycles. The molecule has 0 unspecified atom stereocenters. The van der Waals surface area contributed by atoms with E-state index in [1.807, 2.05) is 25.1 Å². The van der Waals surface area contributed by atoms with Gasteiger partial charge in [0.15, 0.2) is 5.13 Å². The Hall–Kier alpha value is -0.710. The number of aryl methyl sites for hydroxylation is 1. The monoisotopic (exact) mass is 270 g/mol. The lowest BCUT2D eigenvalue weighted by atomic mass is 10.2. The third-order valence-corrected chi connectivity index (χ3v) is 4.68. The van der Waals surface area contributed by atoms with Crippen molar-refractivity contribution in [1.82, 2.24) is 4.98 Å². The van der Waals surface area contributed by atoms with Gasteiger partial charge in [0, 0.05) is 10.8 Å². The average molecular weight is 271 g/mol. The van der Waals surface area contributed by atoms with Crippen molar-refractivity contribution in [1.29, 1.82) is 0 Å². The molecule has 0 atom stereocenters. The van der Waals surface area contributed by atoms with Crippen molar-refractivity contribution in [2.75, 3.05) is 5.73 Å². The number of aromatic nitrogens is 1. The molecule has 0 radical (unpaired) electrons. The van der Waals surface area contributed by atoms with E-state index in [1.54, 1.807) is 11.8 Å². The van der Waals surface area contributed by atoms with E-state index >= 15 is 0 Å². The molecule has 0 aliphatic carbocycles. The Balaban J connectivity index is 2.05. The van der Waals surface area contributed by atoms with Crippen LogP contribution < -0.4 is 5.73 Å². The molecule has 2 nitrogen and oxygen atoms in total. The Morgan fingerprint density at radius 1 is 1.50 bits per heavy atom. The van der Waals surface area contributed by atoms with Crippen LogP contribution in [-0.4, -0.2) is 4.98 Å². The molecular weight excluding hydrogens is 260 g/mol. The second kappa shape index (κ2) is 5.08. The summed E-state index contributed by atoms with van der Waals surface area (Å²) >= 11 is 9.20. The zero-order valence-electron chi connectivity index (χ0n) is 8.74. The summed E-state index contributed by atoms with van der Waals surface area (Å²) in [6, 6.07) is 7.89. The number of benzene rings is 1. The highest BCUT2D eigenvalue weighted by atomic mass is 35.5. The summed E-state index contributed by atoms with van der Waals surface area (Å²) in [6.07, 6.45) is 0. The summed E-state index contributed by atoms with van der Waals surface area (Å²) in [4.78, 5) is 4.19. The van der Waals surface area contributed by atoms with Gasteiger partial charge in [0.25, 0.3) is 0 Å². The van der Waals surface area contributed by atoms with Gasteiger partial charge in [-0.25, -0.2) is 4.98 Å². The molecule has 2 rings (SSSR count). The predicted molar refractivity (Wildman–Crippen MR) is 72.3 cm³/mol. The second-order valence-electron chi connectivity index (χ2n) is 3.34. The number of nitrogens with two attached hydrogens (primary N) is 1. The maximum atomic E-state index is 5.92. The van der Waals surface area contributed by atoms with E-state index in [0.717, 1.165) is 16.5 Å². The first kappa shape index (κ1) is 11.8. The highest BCUT2D eigenvalue weighted by molar-refractivity contribution is 8.00. The van der Waals surface area contributed by atoms with Crippen LogP contribution in [0.5, 0.6) is 0 Å². The first-order chi connectivity index (χ1) is 7.65. The van der Waals surface area contributed by atoms with E-state index in [2.05, 4.69) is 11.1 Å². The quantitative estimate of drug-likeness (QED) is 0.858. The van der Waals surface area contributed by atoms with Crippen LogP contribution in [0.25, 0.3) is 0 Å². The first-order valence-electron chi connectivity index (χ1n) is 4.75. The van der Waals surface area contributed by atoms with Crippen molar-refractivity contribution in [3.05, 3.63) is 40.5 Å². The molecule has 0 spiro atoms. The Morgan fingerprint density at radius 3 is 2.94 bits per heavy atom. The minimum Gasteiger partial charge on any atom is -0.375 e. The van der Waals surface area contributed by atoms with Crippen LogP contribution in [0.15, 0.2) is 28.5 Å². The topological polar surface area (TPSA) is 38.9 Å². The second-order valence-corrected chi connectivity index (χ2v) is 6.05. The average Bonchev–Trinajstić information content (AvgIpc) is 2.54. The fourth-order valence-corrected chi connectivity index (χ4v) is 3.49. The van der Waals surface area contributed by atoms with Crippen LogP contribution in [0, 0.1) is 6.92 Å². The maximum Gasteiger partial charge on any atom is 0.181 e. The minimum atomic E-state index is 0.631. The van der Waals surface area contributed by atoms with Crippen LogP contribution in [0.1, 0.15) is 11.3 Å². The van der Waals surface area contributed by atoms with Gasteiger partial charge in [-0.2, -0.15) is 0 Å². The van der Waals surface area contributed by atoms with E-state index in [9.17, 15) is 0 Å². The van der Waals surface area contributed by atoms with Crippen LogP contribution in [0.2, 0.25) is 5.02 Å². The predicted octanol–water partition coefficient (Wildman–Crippen LogP) is 3.98. The Bertz CT molecular complexity index is 496. The number of rotatable bonds is 3. The van der Waals surface area contributed by atoms with Gasteiger partial charge in [-0.3, -0.25) is 0 Å². The smallest absolute Gasteiger partial charge is 0.181 e.